The van der Waals surface area contributed by atoms with Gasteiger partial charge in [-0.2, -0.15) is 5.10 Å². The molecule has 1 fully saturated rings. The normalized spacial score (nSPS) is 19.1. The summed E-state index contributed by atoms with van der Waals surface area (Å²) in [6, 6.07) is 0.680. The lowest BCUT2D eigenvalue weighted by atomic mass is 10.00. The Balaban J connectivity index is 1.67. The van der Waals surface area contributed by atoms with Crippen molar-refractivity contribution in [3.8, 4) is 0 Å². The summed E-state index contributed by atoms with van der Waals surface area (Å²) < 4.78 is 1.87. The van der Waals surface area contributed by atoms with Crippen LogP contribution in [0, 0.1) is 5.92 Å². The van der Waals surface area contributed by atoms with Gasteiger partial charge in [-0.15, -0.1) is 0 Å². The molecule has 0 aromatic carbocycles. The molecular weight excluding hydrogens is 198 g/mol. The molecule has 1 aromatic rings. The first-order valence-electron chi connectivity index (χ1n) is 6.46. The van der Waals surface area contributed by atoms with Crippen LogP contribution in [0.2, 0.25) is 0 Å². The highest BCUT2D eigenvalue weighted by molar-refractivity contribution is 5.03. The average Bonchev–Trinajstić information content (AvgIpc) is 2.89. The minimum Gasteiger partial charge on any atom is -0.314 e. The van der Waals surface area contributed by atoms with Gasteiger partial charge in [-0.1, -0.05) is 12.8 Å². The van der Waals surface area contributed by atoms with Crippen molar-refractivity contribution in [3.05, 3.63) is 18.0 Å². The molecular formula is C13H23N3. The first kappa shape index (κ1) is 11.6. The van der Waals surface area contributed by atoms with E-state index in [1.807, 2.05) is 17.9 Å². The van der Waals surface area contributed by atoms with Gasteiger partial charge in [-0.3, -0.25) is 4.68 Å². The van der Waals surface area contributed by atoms with Crippen LogP contribution in [0.3, 0.4) is 0 Å². The van der Waals surface area contributed by atoms with Crippen LogP contribution in [0.5, 0.6) is 0 Å². The summed E-state index contributed by atoms with van der Waals surface area (Å²) in [7, 11) is 1.97. The third-order valence-corrected chi connectivity index (χ3v) is 3.75. The standard InChI is InChI=1S/C13H23N3/c1-11(13-5-3-4-6-13)14-8-7-12-9-15-16(2)10-12/h9-11,13-14H,3-8H2,1-2H3/t11-/m0/s1. The van der Waals surface area contributed by atoms with Crippen molar-refractivity contribution in [1.29, 1.82) is 0 Å². The maximum atomic E-state index is 4.18. The first-order chi connectivity index (χ1) is 7.75. The molecule has 1 heterocycles. The van der Waals surface area contributed by atoms with Crippen molar-refractivity contribution in [1.82, 2.24) is 15.1 Å². The SMILES string of the molecule is C[C@H](NCCc1cnn(C)c1)C1CCCC1. The van der Waals surface area contributed by atoms with Crippen molar-refractivity contribution >= 4 is 0 Å². The number of rotatable bonds is 5. The van der Waals surface area contributed by atoms with E-state index >= 15 is 0 Å². The topological polar surface area (TPSA) is 29.9 Å². The number of nitrogens with zero attached hydrogens (tertiary/aromatic N) is 2. The molecule has 1 aliphatic carbocycles. The predicted molar refractivity (Wildman–Crippen MR) is 66.3 cm³/mol. The van der Waals surface area contributed by atoms with Gasteiger partial charge in [0.05, 0.1) is 6.20 Å². The molecule has 1 atom stereocenters. The second-order valence-electron chi connectivity index (χ2n) is 5.06. The Kier molecular flexibility index (Phi) is 3.99. The Morgan fingerprint density at radius 1 is 1.50 bits per heavy atom. The van der Waals surface area contributed by atoms with Gasteiger partial charge in [-0.25, -0.2) is 0 Å². The highest BCUT2D eigenvalue weighted by atomic mass is 15.2. The van der Waals surface area contributed by atoms with Gasteiger partial charge in [0.25, 0.3) is 0 Å². The van der Waals surface area contributed by atoms with E-state index in [2.05, 4.69) is 23.5 Å². The van der Waals surface area contributed by atoms with E-state index in [9.17, 15) is 0 Å². The van der Waals surface area contributed by atoms with Crippen LogP contribution in [-0.2, 0) is 13.5 Å². The molecule has 0 aliphatic heterocycles. The van der Waals surface area contributed by atoms with Gasteiger partial charge >= 0.3 is 0 Å². The summed E-state index contributed by atoms with van der Waals surface area (Å²) in [5.41, 5.74) is 1.33. The van der Waals surface area contributed by atoms with Crippen LogP contribution in [0.25, 0.3) is 0 Å². The quantitative estimate of drug-likeness (QED) is 0.825. The van der Waals surface area contributed by atoms with Crippen LogP contribution < -0.4 is 5.32 Å². The van der Waals surface area contributed by atoms with Crippen molar-refractivity contribution in [2.75, 3.05) is 6.54 Å². The maximum Gasteiger partial charge on any atom is 0.0522 e. The molecule has 0 radical (unpaired) electrons. The van der Waals surface area contributed by atoms with Crippen molar-refractivity contribution < 1.29 is 0 Å². The summed E-state index contributed by atoms with van der Waals surface area (Å²) in [5, 5.41) is 7.83. The number of aryl methyl sites for hydroxylation is 1. The molecule has 0 saturated heterocycles. The van der Waals surface area contributed by atoms with Crippen LogP contribution in [0.15, 0.2) is 12.4 Å². The molecule has 3 nitrogen and oxygen atoms in total. The molecule has 1 aliphatic rings. The summed E-state index contributed by atoms with van der Waals surface area (Å²) in [4.78, 5) is 0. The van der Waals surface area contributed by atoms with Crippen LogP contribution in [-0.4, -0.2) is 22.4 Å². The highest BCUT2D eigenvalue weighted by Crippen LogP contribution is 2.27. The third-order valence-electron chi connectivity index (χ3n) is 3.75. The van der Waals surface area contributed by atoms with E-state index in [1.54, 1.807) is 0 Å². The van der Waals surface area contributed by atoms with E-state index in [0.29, 0.717) is 6.04 Å². The monoisotopic (exact) mass is 221 g/mol. The maximum absolute atomic E-state index is 4.18. The summed E-state index contributed by atoms with van der Waals surface area (Å²) in [6.45, 7) is 3.41. The molecule has 1 saturated carbocycles. The van der Waals surface area contributed by atoms with Gasteiger partial charge < -0.3 is 5.32 Å². The molecule has 0 unspecified atom stereocenters. The van der Waals surface area contributed by atoms with E-state index < -0.39 is 0 Å². The minimum atomic E-state index is 0.680. The molecule has 0 bridgehead atoms. The fraction of sp³-hybridized carbons (Fsp3) is 0.769. The Labute approximate surface area is 98.2 Å². The van der Waals surface area contributed by atoms with Crippen molar-refractivity contribution in [2.24, 2.45) is 13.0 Å². The summed E-state index contributed by atoms with van der Waals surface area (Å²) in [6.07, 6.45) is 10.8. The van der Waals surface area contributed by atoms with Gasteiger partial charge in [0.15, 0.2) is 0 Å². The molecule has 16 heavy (non-hydrogen) atoms. The van der Waals surface area contributed by atoms with E-state index in [-0.39, 0.29) is 0 Å². The summed E-state index contributed by atoms with van der Waals surface area (Å²) in [5.74, 6) is 0.911. The van der Waals surface area contributed by atoms with E-state index in [4.69, 9.17) is 0 Å². The molecule has 1 aromatic heterocycles. The van der Waals surface area contributed by atoms with Crippen LogP contribution in [0.1, 0.15) is 38.2 Å². The Bertz CT molecular complexity index is 313. The first-order valence-corrected chi connectivity index (χ1v) is 6.46. The molecule has 3 heteroatoms. The predicted octanol–water partition coefficient (Wildman–Crippen LogP) is 2.13. The lowest BCUT2D eigenvalue weighted by molar-refractivity contribution is 0.384. The Morgan fingerprint density at radius 3 is 2.88 bits per heavy atom. The van der Waals surface area contributed by atoms with Crippen molar-refractivity contribution in [3.63, 3.8) is 0 Å². The minimum absolute atomic E-state index is 0.680. The molecule has 0 spiro atoms. The molecule has 90 valence electrons. The molecule has 2 rings (SSSR count). The van der Waals surface area contributed by atoms with Gasteiger partial charge in [0.1, 0.15) is 0 Å². The average molecular weight is 221 g/mol. The van der Waals surface area contributed by atoms with Crippen LogP contribution in [0.4, 0.5) is 0 Å². The number of aromatic nitrogens is 2. The number of hydrogen-bond acceptors (Lipinski definition) is 2. The van der Waals surface area contributed by atoms with Crippen LogP contribution >= 0.6 is 0 Å². The second-order valence-corrected chi connectivity index (χ2v) is 5.06. The Hall–Kier alpha value is -0.830. The number of hydrogen-bond donors (Lipinski definition) is 1. The zero-order chi connectivity index (χ0) is 11.4. The highest BCUT2D eigenvalue weighted by Gasteiger charge is 2.20. The van der Waals surface area contributed by atoms with Gasteiger partial charge in [0.2, 0.25) is 0 Å². The van der Waals surface area contributed by atoms with E-state index in [0.717, 1.165) is 18.9 Å². The zero-order valence-electron chi connectivity index (χ0n) is 10.4. The fourth-order valence-corrected chi connectivity index (χ4v) is 2.67. The number of nitrogens with one attached hydrogen (secondary N) is 1. The Morgan fingerprint density at radius 2 is 2.25 bits per heavy atom. The van der Waals surface area contributed by atoms with Gasteiger partial charge in [-0.05, 0) is 44.2 Å². The third kappa shape index (κ3) is 3.08. The van der Waals surface area contributed by atoms with Gasteiger partial charge in [0, 0.05) is 19.3 Å². The summed E-state index contributed by atoms with van der Waals surface area (Å²) >= 11 is 0. The van der Waals surface area contributed by atoms with Crippen molar-refractivity contribution in [2.45, 2.75) is 45.1 Å². The smallest absolute Gasteiger partial charge is 0.0522 e. The zero-order valence-corrected chi connectivity index (χ0v) is 10.4. The second kappa shape index (κ2) is 5.48. The molecule has 0 amide bonds. The lowest BCUT2D eigenvalue weighted by Gasteiger charge is -2.20. The van der Waals surface area contributed by atoms with E-state index in [1.165, 1.54) is 31.2 Å². The fourth-order valence-electron chi connectivity index (χ4n) is 2.67. The largest absolute Gasteiger partial charge is 0.314 e. The molecule has 1 N–H and O–H groups in total. The lowest BCUT2D eigenvalue weighted by Crippen LogP contribution is -2.33.